The standard InChI is InChI=1S/C27H43NO4/c1-17(5-10-24(30)28-16-25(31)32-4)21-8-9-22-20-7-6-18-15-19(29)11-13-26(18,2)23(20)12-14-27(21,22)3/h17-18,20-23H,5-16H2,1-4H3,(H,28,30)/t17-,18-,20?,21-,22?,23?,26+,27-/m1/s1. The monoisotopic (exact) mass is 445 g/mol. The van der Waals surface area contributed by atoms with Crippen LogP contribution in [0.3, 0.4) is 0 Å². The van der Waals surface area contributed by atoms with Gasteiger partial charge < -0.3 is 10.1 Å². The first-order valence-corrected chi connectivity index (χ1v) is 13.0. The maximum Gasteiger partial charge on any atom is 0.325 e. The molecule has 0 saturated heterocycles. The Kier molecular flexibility index (Phi) is 6.76. The summed E-state index contributed by atoms with van der Waals surface area (Å²) in [6.07, 6.45) is 11.9. The maximum absolute atomic E-state index is 12.2. The van der Waals surface area contributed by atoms with Gasteiger partial charge in [0.05, 0.1) is 7.11 Å². The lowest BCUT2D eigenvalue weighted by molar-refractivity contribution is -0.141. The molecule has 4 aliphatic carbocycles. The van der Waals surface area contributed by atoms with E-state index in [1.807, 2.05) is 0 Å². The Morgan fingerprint density at radius 1 is 1.06 bits per heavy atom. The van der Waals surface area contributed by atoms with Crippen molar-refractivity contribution in [3.8, 4) is 0 Å². The first kappa shape index (κ1) is 23.8. The molecule has 4 aliphatic rings. The van der Waals surface area contributed by atoms with Crippen molar-refractivity contribution in [3.63, 3.8) is 0 Å². The number of carbonyl (C=O) groups is 3. The Morgan fingerprint density at radius 2 is 1.81 bits per heavy atom. The van der Waals surface area contributed by atoms with Crippen molar-refractivity contribution in [2.45, 2.75) is 91.4 Å². The summed E-state index contributed by atoms with van der Waals surface area (Å²) in [4.78, 5) is 35.6. The van der Waals surface area contributed by atoms with Crippen LogP contribution in [-0.2, 0) is 19.1 Å². The van der Waals surface area contributed by atoms with Crippen molar-refractivity contribution in [3.05, 3.63) is 0 Å². The second-order valence-corrected chi connectivity index (χ2v) is 12.0. The van der Waals surface area contributed by atoms with E-state index in [2.05, 4.69) is 30.8 Å². The number of nitrogens with one attached hydrogen (secondary N) is 1. The summed E-state index contributed by atoms with van der Waals surface area (Å²) in [6, 6.07) is 0. The van der Waals surface area contributed by atoms with Gasteiger partial charge in [-0.15, -0.1) is 0 Å². The van der Waals surface area contributed by atoms with Crippen molar-refractivity contribution in [1.82, 2.24) is 5.32 Å². The van der Waals surface area contributed by atoms with Crippen LogP contribution in [0.25, 0.3) is 0 Å². The highest BCUT2D eigenvalue weighted by Crippen LogP contribution is 2.68. The molecule has 0 spiro atoms. The first-order valence-electron chi connectivity index (χ1n) is 13.0. The van der Waals surface area contributed by atoms with E-state index < -0.39 is 5.97 Å². The van der Waals surface area contributed by atoms with Crippen LogP contribution in [0.15, 0.2) is 0 Å². The highest BCUT2D eigenvalue weighted by atomic mass is 16.5. The maximum atomic E-state index is 12.2. The van der Waals surface area contributed by atoms with E-state index in [1.54, 1.807) is 0 Å². The number of amides is 1. The Hall–Kier alpha value is -1.39. The van der Waals surface area contributed by atoms with Gasteiger partial charge in [-0.1, -0.05) is 20.8 Å². The average molecular weight is 446 g/mol. The van der Waals surface area contributed by atoms with Crippen LogP contribution in [-0.4, -0.2) is 31.3 Å². The molecule has 0 radical (unpaired) electrons. The fourth-order valence-corrected chi connectivity index (χ4v) is 8.91. The average Bonchev–Trinajstić information content (AvgIpc) is 3.13. The third-order valence-corrected chi connectivity index (χ3v) is 10.7. The number of ether oxygens (including phenoxy) is 1. The molecular formula is C27H43NO4. The van der Waals surface area contributed by atoms with Gasteiger partial charge in [-0.2, -0.15) is 0 Å². The van der Waals surface area contributed by atoms with Crippen LogP contribution in [0.5, 0.6) is 0 Å². The van der Waals surface area contributed by atoms with Crippen molar-refractivity contribution >= 4 is 17.7 Å². The Labute approximate surface area is 193 Å². The van der Waals surface area contributed by atoms with E-state index >= 15 is 0 Å². The lowest BCUT2D eigenvalue weighted by Crippen LogP contribution is -2.53. The zero-order valence-corrected chi connectivity index (χ0v) is 20.6. The molecule has 4 saturated carbocycles. The fraction of sp³-hybridized carbons (Fsp3) is 0.889. The summed E-state index contributed by atoms with van der Waals surface area (Å²) in [5, 5.41) is 2.68. The smallest absolute Gasteiger partial charge is 0.325 e. The number of hydrogen-bond acceptors (Lipinski definition) is 4. The minimum Gasteiger partial charge on any atom is -0.468 e. The van der Waals surface area contributed by atoms with Gasteiger partial charge in [-0.3, -0.25) is 14.4 Å². The predicted octanol–water partition coefficient (Wildman–Crippen LogP) is 4.92. The van der Waals surface area contributed by atoms with E-state index in [0.29, 0.717) is 40.8 Å². The van der Waals surface area contributed by atoms with Crippen LogP contribution in [0.4, 0.5) is 0 Å². The molecule has 0 aromatic carbocycles. The summed E-state index contributed by atoms with van der Waals surface area (Å²) in [5.74, 6) is 4.28. The Balaban J connectivity index is 1.38. The molecule has 1 amide bonds. The third-order valence-electron chi connectivity index (χ3n) is 10.7. The molecule has 180 valence electrons. The van der Waals surface area contributed by atoms with Gasteiger partial charge in [-0.25, -0.2) is 0 Å². The van der Waals surface area contributed by atoms with Gasteiger partial charge in [-0.05, 0) is 97.7 Å². The minimum atomic E-state index is -0.403. The number of ketones is 1. The summed E-state index contributed by atoms with van der Waals surface area (Å²) in [7, 11) is 1.34. The minimum absolute atomic E-state index is 0.0403. The van der Waals surface area contributed by atoms with Gasteiger partial charge in [0.25, 0.3) is 0 Å². The SMILES string of the molecule is COC(=O)CNC(=O)CC[C@@H](C)[C@H]1CCC2C3CC[C@@H]4CC(=O)CC[C@]4(C)C3CC[C@@]21C. The van der Waals surface area contributed by atoms with E-state index in [-0.39, 0.29) is 12.5 Å². The van der Waals surface area contributed by atoms with Crippen LogP contribution in [0.1, 0.15) is 91.4 Å². The van der Waals surface area contributed by atoms with Crippen molar-refractivity contribution in [1.29, 1.82) is 0 Å². The van der Waals surface area contributed by atoms with Gasteiger partial charge >= 0.3 is 5.97 Å². The first-order chi connectivity index (χ1) is 15.2. The van der Waals surface area contributed by atoms with Crippen LogP contribution >= 0.6 is 0 Å². The van der Waals surface area contributed by atoms with Crippen molar-refractivity contribution in [2.75, 3.05) is 13.7 Å². The predicted molar refractivity (Wildman–Crippen MR) is 124 cm³/mol. The molecule has 0 aliphatic heterocycles. The summed E-state index contributed by atoms with van der Waals surface area (Å²) < 4.78 is 4.60. The van der Waals surface area contributed by atoms with E-state index in [1.165, 1.54) is 45.6 Å². The van der Waals surface area contributed by atoms with Gasteiger partial charge in [0.1, 0.15) is 12.3 Å². The molecule has 1 N–H and O–H groups in total. The molecule has 0 aromatic rings. The van der Waals surface area contributed by atoms with Gasteiger partial charge in [0.2, 0.25) is 5.91 Å². The van der Waals surface area contributed by atoms with E-state index in [9.17, 15) is 14.4 Å². The molecule has 3 unspecified atom stereocenters. The van der Waals surface area contributed by atoms with Crippen LogP contribution in [0.2, 0.25) is 0 Å². The molecule has 4 rings (SSSR count). The van der Waals surface area contributed by atoms with E-state index in [4.69, 9.17) is 0 Å². The number of Topliss-reactive ketones (excluding diaryl/α,β-unsaturated/α-hetero) is 1. The molecule has 5 nitrogen and oxygen atoms in total. The quantitative estimate of drug-likeness (QED) is 0.589. The number of rotatable bonds is 6. The topological polar surface area (TPSA) is 72.5 Å². The lowest BCUT2D eigenvalue weighted by Gasteiger charge is -2.60. The van der Waals surface area contributed by atoms with Crippen molar-refractivity contribution < 1.29 is 19.1 Å². The molecule has 0 aromatic heterocycles. The highest BCUT2D eigenvalue weighted by Gasteiger charge is 2.60. The Bertz CT molecular complexity index is 750. The number of hydrogen-bond donors (Lipinski definition) is 1. The third kappa shape index (κ3) is 4.14. The second kappa shape index (κ2) is 9.10. The van der Waals surface area contributed by atoms with Crippen molar-refractivity contribution in [2.24, 2.45) is 46.3 Å². The summed E-state index contributed by atoms with van der Waals surface area (Å²) in [6.45, 7) is 7.37. The molecule has 0 heterocycles. The molecule has 5 heteroatoms. The molecule has 0 bridgehead atoms. The molecular weight excluding hydrogens is 402 g/mol. The fourth-order valence-electron chi connectivity index (χ4n) is 8.91. The van der Waals surface area contributed by atoms with E-state index in [0.717, 1.165) is 43.4 Å². The zero-order valence-electron chi connectivity index (χ0n) is 20.6. The molecule has 32 heavy (non-hydrogen) atoms. The Morgan fingerprint density at radius 3 is 2.56 bits per heavy atom. The zero-order chi connectivity index (χ0) is 23.1. The van der Waals surface area contributed by atoms with Crippen LogP contribution in [0, 0.1) is 46.3 Å². The summed E-state index contributed by atoms with van der Waals surface area (Å²) in [5.41, 5.74) is 0.760. The largest absolute Gasteiger partial charge is 0.468 e. The number of methoxy groups -OCH3 is 1. The normalized spacial score (nSPS) is 41.8. The number of fused-ring (bicyclic) bond motifs is 5. The van der Waals surface area contributed by atoms with Crippen LogP contribution < -0.4 is 5.32 Å². The second-order valence-electron chi connectivity index (χ2n) is 12.0. The number of carbonyl (C=O) groups excluding carboxylic acids is 3. The molecule has 4 fully saturated rings. The lowest BCUT2D eigenvalue weighted by atomic mass is 9.44. The highest BCUT2D eigenvalue weighted by molar-refractivity contribution is 5.81. The molecule has 8 atom stereocenters. The van der Waals surface area contributed by atoms with Gasteiger partial charge in [0, 0.05) is 19.3 Å². The summed E-state index contributed by atoms with van der Waals surface area (Å²) >= 11 is 0. The number of esters is 1. The van der Waals surface area contributed by atoms with Gasteiger partial charge in [0.15, 0.2) is 0 Å².